The molecule has 1 amide bonds. The van der Waals surface area contributed by atoms with Gasteiger partial charge in [0, 0.05) is 24.2 Å². The Morgan fingerprint density at radius 1 is 1.22 bits per heavy atom. The molecule has 1 heterocycles. The highest BCUT2D eigenvalue weighted by atomic mass is 32.2. The molecule has 1 fully saturated rings. The molecule has 27 heavy (non-hydrogen) atoms. The van der Waals surface area contributed by atoms with E-state index in [1.165, 1.54) is 28.6 Å². The van der Waals surface area contributed by atoms with Crippen LogP contribution in [-0.2, 0) is 14.8 Å². The molecule has 2 aromatic rings. The van der Waals surface area contributed by atoms with Gasteiger partial charge in [-0.2, -0.15) is 4.31 Å². The van der Waals surface area contributed by atoms with E-state index in [9.17, 15) is 22.0 Å². The van der Waals surface area contributed by atoms with Gasteiger partial charge in [0.25, 0.3) is 5.91 Å². The van der Waals surface area contributed by atoms with Gasteiger partial charge in [0.15, 0.2) is 0 Å². The molecule has 1 N–H and O–H groups in total. The summed E-state index contributed by atoms with van der Waals surface area (Å²) in [6.45, 7) is 2.56. The van der Waals surface area contributed by atoms with Crippen molar-refractivity contribution in [2.45, 2.75) is 17.9 Å². The zero-order valence-corrected chi connectivity index (χ0v) is 15.3. The Kier molecular flexibility index (Phi) is 5.54. The van der Waals surface area contributed by atoms with Gasteiger partial charge in [0.1, 0.15) is 11.6 Å². The number of carbonyl (C=O) groups is 1. The Balaban J connectivity index is 1.85. The van der Waals surface area contributed by atoms with Crippen molar-refractivity contribution >= 4 is 21.6 Å². The number of halogens is 2. The smallest absolute Gasteiger partial charge is 0.255 e. The maximum atomic E-state index is 13.7. The quantitative estimate of drug-likeness (QED) is 0.862. The average molecular weight is 396 g/mol. The van der Waals surface area contributed by atoms with Gasteiger partial charge in [-0.15, -0.1) is 0 Å². The third-order valence-electron chi connectivity index (χ3n) is 4.19. The lowest BCUT2D eigenvalue weighted by molar-refractivity contribution is 0.0393. The minimum absolute atomic E-state index is 0.0384. The van der Waals surface area contributed by atoms with E-state index >= 15 is 0 Å². The number of nitrogens with one attached hydrogen (secondary N) is 1. The summed E-state index contributed by atoms with van der Waals surface area (Å²) in [5, 5.41) is 2.31. The predicted molar refractivity (Wildman–Crippen MR) is 94.9 cm³/mol. The molecule has 1 aliphatic heterocycles. The fourth-order valence-corrected chi connectivity index (χ4v) is 4.43. The number of hydrogen-bond acceptors (Lipinski definition) is 4. The van der Waals surface area contributed by atoms with Gasteiger partial charge in [0.05, 0.1) is 23.8 Å². The lowest BCUT2D eigenvalue weighted by Gasteiger charge is -2.32. The number of ether oxygens (including phenoxy) is 1. The van der Waals surface area contributed by atoms with Crippen LogP contribution in [0.3, 0.4) is 0 Å². The molecule has 0 bridgehead atoms. The largest absolute Gasteiger partial charge is 0.378 e. The van der Waals surface area contributed by atoms with Crippen LogP contribution in [0.5, 0.6) is 0 Å². The van der Waals surface area contributed by atoms with E-state index < -0.39 is 27.6 Å². The van der Waals surface area contributed by atoms with Crippen LogP contribution >= 0.6 is 0 Å². The van der Waals surface area contributed by atoms with Gasteiger partial charge in [-0.25, -0.2) is 17.2 Å². The van der Waals surface area contributed by atoms with Crippen LogP contribution in [0.2, 0.25) is 0 Å². The van der Waals surface area contributed by atoms with E-state index in [0.717, 1.165) is 12.1 Å². The summed E-state index contributed by atoms with van der Waals surface area (Å²) in [5.74, 6) is -2.39. The van der Waals surface area contributed by atoms with Crippen molar-refractivity contribution in [3.05, 3.63) is 59.7 Å². The number of amides is 1. The number of carbonyl (C=O) groups excluding carboxylic acids is 1. The second-order valence-electron chi connectivity index (χ2n) is 6.15. The van der Waals surface area contributed by atoms with Gasteiger partial charge >= 0.3 is 0 Å². The summed E-state index contributed by atoms with van der Waals surface area (Å²) in [5.41, 5.74) is -0.155. The normalized spacial score (nSPS) is 18.3. The van der Waals surface area contributed by atoms with Crippen molar-refractivity contribution < 1.29 is 26.7 Å². The van der Waals surface area contributed by atoms with Crippen LogP contribution in [0.25, 0.3) is 0 Å². The summed E-state index contributed by atoms with van der Waals surface area (Å²) in [7, 11) is -3.80. The van der Waals surface area contributed by atoms with Gasteiger partial charge in [-0.3, -0.25) is 4.79 Å². The average Bonchev–Trinajstić information content (AvgIpc) is 2.64. The highest BCUT2D eigenvalue weighted by molar-refractivity contribution is 7.89. The van der Waals surface area contributed by atoms with E-state index in [1.807, 2.05) is 0 Å². The molecule has 1 aliphatic rings. The molecule has 1 saturated heterocycles. The van der Waals surface area contributed by atoms with E-state index in [0.29, 0.717) is 19.3 Å². The molecular weight excluding hydrogens is 378 g/mol. The summed E-state index contributed by atoms with van der Waals surface area (Å²) in [6, 6.07) is 7.91. The molecule has 0 radical (unpaired) electrons. The van der Waals surface area contributed by atoms with Gasteiger partial charge in [-0.05, 0) is 37.3 Å². The highest BCUT2D eigenvalue weighted by Gasteiger charge is 2.31. The van der Waals surface area contributed by atoms with Gasteiger partial charge < -0.3 is 10.1 Å². The van der Waals surface area contributed by atoms with Crippen molar-refractivity contribution in [1.82, 2.24) is 4.31 Å². The third-order valence-corrected chi connectivity index (χ3v) is 6.20. The monoisotopic (exact) mass is 396 g/mol. The van der Waals surface area contributed by atoms with Crippen LogP contribution < -0.4 is 5.32 Å². The fraction of sp³-hybridized carbons (Fsp3) is 0.278. The highest BCUT2D eigenvalue weighted by Crippen LogP contribution is 2.22. The number of morpholine rings is 1. The molecule has 3 rings (SSSR count). The molecule has 0 aromatic heterocycles. The van der Waals surface area contributed by atoms with Gasteiger partial charge in [-0.1, -0.05) is 6.07 Å². The molecule has 1 unspecified atom stereocenters. The van der Waals surface area contributed by atoms with Crippen molar-refractivity contribution in [2.75, 3.05) is 25.1 Å². The third kappa shape index (κ3) is 4.15. The van der Waals surface area contributed by atoms with Crippen LogP contribution in [0.4, 0.5) is 14.5 Å². The predicted octanol–water partition coefficient (Wildman–Crippen LogP) is 2.63. The Morgan fingerprint density at radius 2 is 2.00 bits per heavy atom. The second kappa shape index (κ2) is 7.71. The molecule has 1 atom stereocenters. The Bertz CT molecular complexity index is 966. The first-order chi connectivity index (χ1) is 12.8. The van der Waals surface area contributed by atoms with E-state index in [-0.39, 0.29) is 28.7 Å². The number of anilines is 1. The zero-order chi connectivity index (χ0) is 19.6. The standard InChI is InChI=1S/C18H18F2N2O4S/c1-12-11-26-8-7-22(12)27(24,25)15-4-2-3-13(9-15)18(23)21-17-6-5-14(19)10-16(17)20/h2-6,9-10,12H,7-8,11H2,1H3,(H,21,23). The summed E-state index contributed by atoms with van der Waals surface area (Å²) >= 11 is 0. The zero-order valence-electron chi connectivity index (χ0n) is 14.5. The molecule has 2 aromatic carbocycles. The Hall–Kier alpha value is -2.36. The van der Waals surface area contributed by atoms with Crippen LogP contribution in [0, 0.1) is 11.6 Å². The number of sulfonamides is 1. The van der Waals surface area contributed by atoms with E-state index in [4.69, 9.17) is 4.74 Å². The lowest BCUT2D eigenvalue weighted by atomic mass is 10.2. The number of benzene rings is 2. The van der Waals surface area contributed by atoms with Crippen molar-refractivity contribution in [1.29, 1.82) is 0 Å². The first-order valence-corrected chi connectivity index (χ1v) is 9.69. The van der Waals surface area contributed by atoms with Crippen molar-refractivity contribution in [3.63, 3.8) is 0 Å². The second-order valence-corrected chi connectivity index (χ2v) is 8.04. The maximum absolute atomic E-state index is 13.7. The molecule has 9 heteroatoms. The van der Waals surface area contributed by atoms with E-state index in [1.54, 1.807) is 6.92 Å². The van der Waals surface area contributed by atoms with Crippen molar-refractivity contribution in [2.24, 2.45) is 0 Å². The minimum atomic E-state index is -3.80. The molecule has 0 spiro atoms. The topological polar surface area (TPSA) is 75.7 Å². The summed E-state index contributed by atoms with van der Waals surface area (Å²) in [6.07, 6.45) is 0. The summed E-state index contributed by atoms with van der Waals surface area (Å²) < 4.78 is 59.0. The molecule has 144 valence electrons. The SMILES string of the molecule is CC1COCCN1S(=O)(=O)c1cccc(C(=O)Nc2ccc(F)cc2F)c1. The molecular formula is C18H18F2N2O4S. The molecule has 6 nitrogen and oxygen atoms in total. The van der Waals surface area contributed by atoms with Crippen LogP contribution in [0.15, 0.2) is 47.4 Å². The first kappa shape index (κ1) is 19.4. The maximum Gasteiger partial charge on any atom is 0.255 e. The number of hydrogen-bond donors (Lipinski definition) is 1. The van der Waals surface area contributed by atoms with Gasteiger partial charge in [0.2, 0.25) is 10.0 Å². The summed E-state index contributed by atoms with van der Waals surface area (Å²) in [4.78, 5) is 12.3. The minimum Gasteiger partial charge on any atom is -0.378 e. The van der Waals surface area contributed by atoms with E-state index in [2.05, 4.69) is 5.32 Å². The molecule has 0 aliphatic carbocycles. The number of nitrogens with zero attached hydrogens (tertiary/aromatic N) is 1. The lowest BCUT2D eigenvalue weighted by Crippen LogP contribution is -2.46. The van der Waals surface area contributed by atoms with Crippen molar-refractivity contribution in [3.8, 4) is 0 Å². The molecule has 0 saturated carbocycles. The van der Waals surface area contributed by atoms with Crippen LogP contribution in [0.1, 0.15) is 17.3 Å². The fourth-order valence-electron chi connectivity index (χ4n) is 2.79. The van der Waals surface area contributed by atoms with Crippen LogP contribution in [-0.4, -0.2) is 44.4 Å². The Labute approximate surface area is 155 Å². The first-order valence-electron chi connectivity index (χ1n) is 8.25. The Morgan fingerprint density at radius 3 is 2.70 bits per heavy atom. The number of rotatable bonds is 4.